The molecule has 1 fully saturated rings. The maximum absolute atomic E-state index is 10.7. The van der Waals surface area contributed by atoms with Gasteiger partial charge in [0, 0.05) is 5.41 Å². The van der Waals surface area contributed by atoms with E-state index >= 15 is 0 Å². The molecule has 0 aromatic heterocycles. The molecule has 1 spiro atoms. The lowest BCUT2D eigenvalue weighted by atomic mass is 9.53. The van der Waals surface area contributed by atoms with Crippen LogP contribution in [0.25, 0.3) is 0 Å². The molecule has 0 aromatic carbocycles. The first kappa shape index (κ1) is 12.2. The van der Waals surface area contributed by atoms with E-state index in [0.717, 1.165) is 6.42 Å². The number of aliphatic hydroxyl groups is 1. The fraction of sp³-hybridized carbons (Fsp3) is 0.867. The Morgan fingerprint density at radius 3 is 2.62 bits per heavy atom. The SMILES string of the molecule is CC1=CCC2(CCCC(C)(C)C2O)[C@@H](C)C1. The first-order chi connectivity index (χ1) is 7.38. The molecule has 92 valence electrons. The van der Waals surface area contributed by atoms with Gasteiger partial charge in [0.05, 0.1) is 6.10 Å². The van der Waals surface area contributed by atoms with Gasteiger partial charge in [-0.3, -0.25) is 0 Å². The summed E-state index contributed by atoms with van der Waals surface area (Å²) in [6.07, 6.45) is 8.16. The van der Waals surface area contributed by atoms with Crippen molar-refractivity contribution in [1.29, 1.82) is 0 Å². The van der Waals surface area contributed by atoms with Gasteiger partial charge in [-0.05, 0) is 43.9 Å². The van der Waals surface area contributed by atoms with Crippen molar-refractivity contribution in [1.82, 2.24) is 0 Å². The van der Waals surface area contributed by atoms with Crippen LogP contribution in [-0.2, 0) is 0 Å². The lowest BCUT2D eigenvalue weighted by Gasteiger charge is -2.54. The second-order valence-electron chi connectivity index (χ2n) is 6.84. The Hall–Kier alpha value is -0.300. The summed E-state index contributed by atoms with van der Waals surface area (Å²) >= 11 is 0. The van der Waals surface area contributed by atoms with E-state index in [1.54, 1.807) is 0 Å². The zero-order chi connectivity index (χ0) is 12.0. The average Bonchev–Trinajstić information content (AvgIpc) is 2.19. The molecular weight excluding hydrogens is 196 g/mol. The zero-order valence-corrected chi connectivity index (χ0v) is 11.2. The molecule has 0 heterocycles. The molecule has 2 unspecified atom stereocenters. The van der Waals surface area contributed by atoms with Crippen LogP contribution in [0.2, 0.25) is 0 Å². The quantitative estimate of drug-likeness (QED) is 0.616. The Kier molecular flexibility index (Phi) is 2.94. The van der Waals surface area contributed by atoms with Crippen LogP contribution in [0.4, 0.5) is 0 Å². The van der Waals surface area contributed by atoms with Crippen LogP contribution in [0.1, 0.15) is 59.8 Å². The van der Waals surface area contributed by atoms with Gasteiger partial charge in [-0.15, -0.1) is 0 Å². The van der Waals surface area contributed by atoms with E-state index in [4.69, 9.17) is 0 Å². The zero-order valence-electron chi connectivity index (χ0n) is 11.2. The fourth-order valence-electron chi connectivity index (χ4n) is 3.99. The lowest BCUT2D eigenvalue weighted by Crippen LogP contribution is -2.52. The molecule has 0 bridgehead atoms. The Balaban J connectivity index is 2.30. The second kappa shape index (κ2) is 3.87. The molecule has 0 radical (unpaired) electrons. The highest BCUT2D eigenvalue weighted by molar-refractivity contribution is 5.14. The van der Waals surface area contributed by atoms with Gasteiger partial charge in [-0.2, -0.15) is 0 Å². The first-order valence-electron chi connectivity index (χ1n) is 6.72. The van der Waals surface area contributed by atoms with Crippen LogP contribution in [0.3, 0.4) is 0 Å². The van der Waals surface area contributed by atoms with Gasteiger partial charge in [0.2, 0.25) is 0 Å². The average molecular weight is 222 g/mol. The molecule has 3 atom stereocenters. The van der Waals surface area contributed by atoms with Crippen molar-refractivity contribution in [3.8, 4) is 0 Å². The Bertz CT molecular complexity index is 303. The normalized spacial score (nSPS) is 43.2. The van der Waals surface area contributed by atoms with E-state index in [-0.39, 0.29) is 16.9 Å². The first-order valence-corrected chi connectivity index (χ1v) is 6.72. The minimum Gasteiger partial charge on any atom is -0.392 e. The van der Waals surface area contributed by atoms with Crippen LogP contribution in [0, 0.1) is 16.7 Å². The molecule has 0 aromatic rings. The van der Waals surface area contributed by atoms with Gasteiger partial charge in [-0.25, -0.2) is 0 Å². The third-order valence-corrected chi connectivity index (χ3v) is 5.19. The summed E-state index contributed by atoms with van der Waals surface area (Å²) in [7, 11) is 0. The molecule has 2 rings (SSSR count). The molecule has 0 saturated heterocycles. The summed E-state index contributed by atoms with van der Waals surface area (Å²) < 4.78 is 0. The standard InChI is InChI=1S/C15H26O/c1-11-6-9-15(12(2)10-11)8-5-7-14(3,4)13(15)16/h6,12-13,16H,5,7-10H2,1-4H3/t12-,13?,15?/m0/s1. The van der Waals surface area contributed by atoms with Crippen LogP contribution in [0.5, 0.6) is 0 Å². The van der Waals surface area contributed by atoms with Gasteiger partial charge in [0.1, 0.15) is 0 Å². The van der Waals surface area contributed by atoms with E-state index in [1.807, 2.05) is 0 Å². The van der Waals surface area contributed by atoms with Gasteiger partial charge >= 0.3 is 0 Å². The third kappa shape index (κ3) is 1.73. The number of aliphatic hydroxyl groups excluding tert-OH is 1. The van der Waals surface area contributed by atoms with E-state index in [9.17, 15) is 5.11 Å². The number of hydrogen-bond donors (Lipinski definition) is 1. The molecule has 1 N–H and O–H groups in total. The molecule has 1 nitrogen and oxygen atoms in total. The van der Waals surface area contributed by atoms with Crippen molar-refractivity contribution in [3.05, 3.63) is 11.6 Å². The lowest BCUT2D eigenvalue weighted by molar-refractivity contribution is -0.120. The van der Waals surface area contributed by atoms with Crippen molar-refractivity contribution in [2.75, 3.05) is 0 Å². The van der Waals surface area contributed by atoms with Crippen LogP contribution in [-0.4, -0.2) is 11.2 Å². The molecular formula is C15H26O. The van der Waals surface area contributed by atoms with E-state index < -0.39 is 0 Å². The number of hydrogen-bond acceptors (Lipinski definition) is 1. The van der Waals surface area contributed by atoms with E-state index in [0.29, 0.717) is 5.92 Å². The fourth-order valence-corrected chi connectivity index (χ4v) is 3.99. The molecule has 2 aliphatic rings. The summed E-state index contributed by atoms with van der Waals surface area (Å²) in [5.41, 5.74) is 1.78. The van der Waals surface area contributed by atoms with Crippen molar-refractivity contribution in [2.45, 2.75) is 65.9 Å². The molecule has 2 aliphatic carbocycles. The molecule has 0 amide bonds. The predicted octanol–water partition coefficient (Wildman–Crippen LogP) is 3.92. The maximum Gasteiger partial charge on any atom is 0.0652 e. The number of allylic oxidation sites excluding steroid dienone is 2. The summed E-state index contributed by atoms with van der Waals surface area (Å²) in [4.78, 5) is 0. The minimum atomic E-state index is -0.131. The highest BCUT2D eigenvalue weighted by Gasteiger charge is 2.51. The minimum absolute atomic E-state index is 0.103. The Morgan fingerprint density at radius 1 is 1.31 bits per heavy atom. The summed E-state index contributed by atoms with van der Waals surface area (Å²) in [5.74, 6) is 0.632. The van der Waals surface area contributed by atoms with E-state index in [2.05, 4.69) is 33.8 Å². The predicted molar refractivity (Wildman–Crippen MR) is 68.2 cm³/mol. The topological polar surface area (TPSA) is 20.2 Å². The van der Waals surface area contributed by atoms with Gasteiger partial charge < -0.3 is 5.11 Å². The maximum atomic E-state index is 10.7. The number of rotatable bonds is 0. The summed E-state index contributed by atoms with van der Waals surface area (Å²) in [5, 5.41) is 10.7. The smallest absolute Gasteiger partial charge is 0.0652 e. The van der Waals surface area contributed by atoms with Gasteiger partial charge in [0.25, 0.3) is 0 Å². The van der Waals surface area contributed by atoms with Crippen molar-refractivity contribution in [3.63, 3.8) is 0 Å². The van der Waals surface area contributed by atoms with Crippen molar-refractivity contribution < 1.29 is 5.11 Å². The highest BCUT2D eigenvalue weighted by Crippen LogP contribution is 2.55. The molecule has 0 aliphatic heterocycles. The van der Waals surface area contributed by atoms with Crippen molar-refractivity contribution in [2.24, 2.45) is 16.7 Å². The van der Waals surface area contributed by atoms with Crippen LogP contribution in [0.15, 0.2) is 11.6 Å². The highest BCUT2D eigenvalue weighted by atomic mass is 16.3. The molecule has 1 saturated carbocycles. The molecule has 16 heavy (non-hydrogen) atoms. The van der Waals surface area contributed by atoms with Crippen LogP contribution < -0.4 is 0 Å². The third-order valence-electron chi connectivity index (χ3n) is 5.19. The van der Waals surface area contributed by atoms with Crippen LogP contribution >= 0.6 is 0 Å². The monoisotopic (exact) mass is 222 g/mol. The summed E-state index contributed by atoms with van der Waals surface area (Å²) in [6.45, 7) is 9.03. The Morgan fingerprint density at radius 2 is 2.00 bits per heavy atom. The van der Waals surface area contributed by atoms with Gasteiger partial charge in [-0.1, -0.05) is 38.8 Å². The second-order valence-corrected chi connectivity index (χ2v) is 6.84. The molecule has 1 heteroatoms. The van der Waals surface area contributed by atoms with Gasteiger partial charge in [0.15, 0.2) is 0 Å². The van der Waals surface area contributed by atoms with Crippen molar-refractivity contribution >= 4 is 0 Å². The Labute approximate surface area is 99.9 Å². The summed E-state index contributed by atoms with van der Waals surface area (Å²) in [6, 6.07) is 0. The van der Waals surface area contributed by atoms with E-state index in [1.165, 1.54) is 31.3 Å². The largest absolute Gasteiger partial charge is 0.392 e.